The Morgan fingerprint density at radius 3 is 2.91 bits per heavy atom. The van der Waals surface area contributed by atoms with Gasteiger partial charge in [-0.05, 0) is 50.8 Å². The average Bonchev–Trinajstić information content (AvgIpc) is 3.31. The average molecular weight is 452 g/mol. The third-order valence-corrected chi connectivity index (χ3v) is 6.37. The van der Waals surface area contributed by atoms with Crippen LogP contribution in [0.1, 0.15) is 42.5 Å². The van der Waals surface area contributed by atoms with Gasteiger partial charge in [0, 0.05) is 42.7 Å². The van der Waals surface area contributed by atoms with Crippen molar-refractivity contribution in [3.05, 3.63) is 53.4 Å². The Morgan fingerprint density at radius 1 is 1.33 bits per heavy atom. The summed E-state index contributed by atoms with van der Waals surface area (Å²) in [7, 11) is 0. The smallest absolute Gasteiger partial charge is 0.398 e. The molecule has 1 unspecified atom stereocenters. The number of carbonyl (C=O) groups excluding carboxylic acids is 2. The molecule has 0 radical (unpaired) electrons. The van der Waals surface area contributed by atoms with Crippen LogP contribution in [0.15, 0.2) is 30.7 Å². The summed E-state index contributed by atoms with van der Waals surface area (Å²) in [6.07, 6.45) is 6.30. The van der Waals surface area contributed by atoms with Crippen LogP contribution < -0.4 is 16.0 Å². The van der Waals surface area contributed by atoms with Crippen LogP contribution in [0.25, 0.3) is 5.65 Å². The van der Waals surface area contributed by atoms with Crippen LogP contribution >= 0.6 is 0 Å². The van der Waals surface area contributed by atoms with Gasteiger partial charge in [0.1, 0.15) is 11.5 Å². The lowest BCUT2D eigenvalue weighted by molar-refractivity contribution is -0.157. The zero-order valence-corrected chi connectivity index (χ0v) is 18.4. The van der Waals surface area contributed by atoms with E-state index in [0.717, 1.165) is 36.2 Å². The molecule has 9 nitrogen and oxygen atoms in total. The summed E-state index contributed by atoms with van der Waals surface area (Å²) in [5, 5.41) is 3.45. The number of aryl methyl sites for hydroxylation is 1. The van der Waals surface area contributed by atoms with Gasteiger partial charge in [0.15, 0.2) is 12.0 Å². The van der Waals surface area contributed by atoms with Crippen molar-refractivity contribution in [2.45, 2.75) is 51.3 Å². The molecule has 5 rings (SSSR count). The number of carbonyl (C=O) groups is 2. The number of imidazole rings is 1. The van der Waals surface area contributed by atoms with E-state index in [1.54, 1.807) is 23.0 Å². The normalized spacial score (nSPS) is 22.4. The minimum Gasteiger partial charge on any atom is -0.434 e. The summed E-state index contributed by atoms with van der Waals surface area (Å²) in [5.41, 5.74) is 8.50. The molecule has 33 heavy (non-hydrogen) atoms. The maximum absolute atomic E-state index is 15.3. The molecule has 2 aliphatic rings. The summed E-state index contributed by atoms with van der Waals surface area (Å²) < 4.78 is 22.4. The molecule has 0 spiro atoms. The van der Waals surface area contributed by atoms with Gasteiger partial charge in [-0.15, -0.1) is 0 Å². The van der Waals surface area contributed by atoms with Crippen molar-refractivity contribution in [3.8, 4) is 0 Å². The first kappa shape index (κ1) is 21.3. The molecule has 172 valence electrons. The van der Waals surface area contributed by atoms with Gasteiger partial charge in [0.2, 0.25) is 0 Å². The van der Waals surface area contributed by atoms with E-state index in [-0.39, 0.29) is 12.1 Å². The predicted molar refractivity (Wildman–Crippen MR) is 118 cm³/mol. The second kappa shape index (κ2) is 8.11. The molecule has 3 atom stereocenters. The zero-order chi connectivity index (χ0) is 23.3. The molecular weight excluding hydrogens is 427 g/mol. The molecule has 1 amide bonds. The van der Waals surface area contributed by atoms with Crippen molar-refractivity contribution in [1.29, 1.82) is 0 Å². The van der Waals surface area contributed by atoms with Crippen molar-refractivity contribution in [2.24, 2.45) is 5.73 Å². The van der Waals surface area contributed by atoms with Gasteiger partial charge in [-0.1, -0.05) is 0 Å². The van der Waals surface area contributed by atoms with E-state index >= 15 is 4.39 Å². The first-order chi connectivity index (χ1) is 15.8. The van der Waals surface area contributed by atoms with Crippen LogP contribution in [0.5, 0.6) is 0 Å². The molecule has 0 aliphatic carbocycles. The van der Waals surface area contributed by atoms with E-state index in [0.29, 0.717) is 23.4 Å². The van der Waals surface area contributed by atoms with Crippen LogP contribution in [0.2, 0.25) is 0 Å². The fraction of sp³-hybridized carbons (Fsp3) is 0.391. The van der Waals surface area contributed by atoms with E-state index in [4.69, 9.17) is 10.5 Å². The summed E-state index contributed by atoms with van der Waals surface area (Å²) in [5.74, 6) is -2.10. The lowest BCUT2D eigenvalue weighted by Crippen LogP contribution is -2.37. The third kappa shape index (κ3) is 3.80. The Balaban J connectivity index is 1.62. The first-order valence-corrected chi connectivity index (χ1v) is 11.0. The minimum absolute atomic E-state index is 0.171. The van der Waals surface area contributed by atoms with Gasteiger partial charge in [0.05, 0.1) is 11.4 Å². The van der Waals surface area contributed by atoms with Crippen LogP contribution in [0, 0.1) is 12.7 Å². The number of anilines is 2. The number of pyridine rings is 2. The Bertz CT molecular complexity index is 1260. The number of primary amides is 1. The number of esters is 1. The number of halogens is 1. The lowest BCUT2D eigenvalue weighted by atomic mass is 9.84. The zero-order valence-electron chi connectivity index (χ0n) is 18.4. The molecule has 0 bridgehead atoms. The van der Waals surface area contributed by atoms with Gasteiger partial charge in [-0.25, -0.2) is 19.2 Å². The number of hydrogen-bond acceptors (Lipinski definition) is 7. The van der Waals surface area contributed by atoms with Crippen molar-refractivity contribution >= 4 is 29.0 Å². The van der Waals surface area contributed by atoms with Gasteiger partial charge in [0.25, 0.3) is 0 Å². The quantitative estimate of drug-likeness (QED) is 0.462. The van der Waals surface area contributed by atoms with Gasteiger partial charge < -0.3 is 20.2 Å². The Morgan fingerprint density at radius 2 is 2.15 bits per heavy atom. The Kier molecular flexibility index (Phi) is 5.24. The van der Waals surface area contributed by atoms with Gasteiger partial charge >= 0.3 is 11.9 Å². The molecule has 3 aromatic heterocycles. The van der Waals surface area contributed by atoms with E-state index in [2.05, 4.69) is 22.2 Å². The number of piperidine rings is 1. The summed E-state index contributed by atoms with van der Waals surface area (Å²) in [6, 6.07) is 3.68. The standard InChI is InChI=1S/C23H25FN6O3/c1-12-7-14(3-5-26-12)15-4-6-27-22-16(15)8-20(33-23(32)21(25)31)30(22)18-11-29-10-13(2)28-19(29)9-17(18)24/h4,6,9-12,14,20,26H,3,5,7-8H2,1-2H3,(H2,25,31)/t12-,14-,20?/m0/s1. The molecule has 3 N–H and O–H groups in total. The van der Waals surface area contributed by atoms with Crippen molar-refractivity contribution in [3.63, 3.8) is 0 Å². The number of rotatable bonds is 3. The Labute approximate surface area is 189 Å². The molecule has 10 heteroatoms. The van der Waals surface area contributed by atoms with E-state index < -0.39 is 23.9 Å². The highest BCUT2D eigenvalue weighted by atomic mass is 19.1. The number of hydrogen-bond donors (Lipinski definition) is 2. The minimum atomic E-state index is -1.20. The summed E-state index contributed by atoms with van der Waals surface area (Å²) in [4.78, 5) is 33.9. The topological polar surface area (TPSA) is 115 Å². The van der Waals surface area contributed by atoms with Crippen LogP contribution in [-0.4, -0.2) is 45.1 Å². The highest BCUT2D eigenvalue weighted by molar-refractivity contribution is 6.31. The predicted octanol–water partition coefficient (Wildman–Crippen LogP) is 2.08. The molecule has 0 aromatic carbocycles. The molecule has 2 aliphatic heterocycles. The van der Waals surface area contributed by atoms with Crippen molar-refractivity contribution < 1.29 is 18.7 Å². The molecule has 0 saturated carbocycles. The number of fused-ring (bicyclic) bond motifs is 2. The number of nitrogens with two attached hydrogens (primary N) is 1. The number of nitrogens with one attached hydrogen (secondary N) is 1. The van der Waals surface area contributed by atoms with Crippen LogP contribution in [-0.2, 0) is 20.7 Å². The van der Waals surface area contributed by atoms with Crippen LogP contribution in [0.3, 0.4) is 0 Å². The number of ether oxygens (including phenoxy) is 1. The molecule has 1 fully saturated rings. The maximum Gasteiger partial charge on any atom is 0.398 e. The lowest BCUT2D eigenvalue weighted by Gasteiger charge is -2.29. The molecule has 1 saturated heterocycles. The second-order valence-electron chi connectivity index (χ2n) is 8.73. The van der Waals surface area contributed by atoms with E-state index in [1.807, 2.05) is 13.0 Å². The highest BCUT2D eigenvalue weighted by Gasteiger charge is 2.39. The summed E-state index contributed by atoms with van der Waals surface area (Å²) >= 11 is 0. The molecule has 5 heterocycles. The van der Waals surface area contributed by atoms with Crippen molar-refractivity contribution in [1.82, 2.24) is 19.7 Å². The number of amides is 1. The first-order valence-electron chi connectivity index (χ1n) is 11.0. The van der Waals surface area contributed by atoms with Crippen LogP contribution in [0.4, 0.5) is 15.9 Å². The SMILES string of the molecule is Cc1cn2cc(N3c4nccc([C@H]5CCN[C@@H](C)C5)c4CC3OC(=O)C(N)=O)c(F)cc2n1. The monoisotopic (exact) mass is 452 g/mol. The van der Waals surface area contributed by atoms with Gasteiger partial charge in [-0.3, -0.25) is 9.69 Å². The number of aromatic nitrogens is 3. The van der Waals surface area contributed by atoms with E-state index in [9.17, 15) is 9.59 Å². The van der Waals surface area contributed by atoms with Crippen molar-refractivity contribution in [2.75, 3.05) is 11.4 Å². The highest BCUT2D eigenvalue weighted by Crippen LogP contribution is 2.43. The molecule has 3 aromatic rings. The second-order valence-corrected chi connectivity index (χ2v) is 8.73. The largest absolute Gasteiger partial charge is 0.434 e. The van der Waals surface area contributed by atoms with Gasteiger partial charge in [-0.2, -0.15) is 0 Å². The fourth-order valence-corrected chi connectivity index (χ4v) is 4.96. The molecular formula is C23H25FN6O3. The fourth-order valence-electron chi connectivity index (χ4n) is 4.96. The van der Waals surface area contributed by atoms with E-state index in [1.165, 1.54) is 11.0 Å². The Hall–Kier alpha value is -3.53. The third-order valence-electron chi connectivity index (χ3n) is 6.37. The summed E-state index contributed by atoms with van der Waals surface area (Å²) in [6.45, 7) is 4.87. The number of nitrogens with zero attached hydrogens (tertiary/aromatic N) is 4. The maximum atomic E-state index is 15.3.